The lowest BCUT2D eigenvalue weighted by Crippen LogP contribution is -2.44. The molecule has 0 atom stereocenters. The third-order valence-corrected chi connectivity index (χ3v) is 27.6. The lowest BCUT2D eigenvalue weighted by molar-refractivity contribution is -0.131. The first-order valence-corrected chi connectivity index (χ1v) is 27.2. The second-order valence-electron chi connectivity index (χ2n) is 9.60. The maximum atomic E-state index is 11.9. The van der Waals surface area contributed by atoms with E-state index in [1.165, 1.54) is 0 Å². The van der Waals surface area contributed by atoms with Crippen LogP contribution in [0, 0.1) is 0 Å². The minimum Gasteiger partial charge on any atom is -0.478 e. The summed E-state index contributed by atoms with van der Waals surface area (Å²) in [4.78, 5) is 13.5. The molecule has 0 unspecified atom stereocenters. The predicted octanol–water partition coefficient (Wildman–Crippen LogP) is 1.25. The van der Waals surface area contributed by atoms with Crippen molar-refractivity contribution in [3.8, 4) is 0 Å². The fourth-order valence-corrected chi connectivity index (χ4v) is 43.5. The van der Waals surface area contributed by atoms with Crippen molar-refractivity contribution in [1.82, 2.24) is 0 Å². The minimum absolute atomic E-state index is 0.284. The van der Waals surface area contributed by atoms with E-state index in [0.29, 0.717) is 0 Å². The fraction of sp³-hybridized carbons (Fsp3) is 0.750. The van der Waals surface area contributed by atoms with Crippen LogP contribution in [-0.4, -0.2) is 61.0 Å². The largest absolute Gasteiger partial charge is 0.478 e. The molecule has 0 rings (SSSR count). The van der Waals surface area contributed by atoms with E-state index in [0.717, 1.165) is 5.20 Å². The summed E-state index contributed by atoms with van der Waals surface area (Å²) in [6.45, 7) is 21.7. The van der Waals surface area contributed by atoms with Crippen LogP contribution in [0.5, 0.6) is 0 Å². The Morgan fingerprint density at radius 3 is 1.20 bits per heavy atom. The van der Waals surface area contributed by atoms with Gasteiger partial charge in [-0.2, -0.15) is 0 Å². The van der Waals surface area contributed by atoms with E-state index in [1.807, 2.05) is 0 Å². The highest BCUT2D eigenvalue weighted by Crippen LogP contribution is 2.16. The van der Waals surface area contributed by atoms with Crippen molar-refractivity contribution in [2.24, 2.45) is 0 Å². The molecule has 0 aromatic carbocycles. The van der Waals surface area contributed by atoms with Gasteiger partial charge in [-0.15, -0.1) is 4.82 Å². The van der Waals surface area contributed by atoms with E-state index in [1.54, 1.807) is 4.82 Å². The van der Waals surface area contributed by atoms with Crippen molar-refractivity contribution in [2.45, 2.75) is 58.9 Å². The molecule has 118 valence electrons. The SMILES string of the molecule is C[Si](C)(C)[SiH2]C([SiH2][Si](C)(C)C)=C([SiH2][Si](C)(C)C)C(=O)O. The molecule has 0 fully saturated rings. The lowest BCUT2D eigenvalue weighted by Gasteiger charge is -2.27. The first-order chi connectivity index (χ1) is 8.61. The second kappa shape index (κ2) is 7.18. The molecular formula is C12H34O2Si6. The molecule has 0 saturated heterocycles. The van der Waals surface area contributed by atoms with Gasteiger partial charge in [0.05, 0.1) is 9.04 Å². The summed E-state index contributed by atoms with van der Waals surface area (Å²) in [7, 11) is -4.51. The zero-order chi connectivity index (χ0) is 16.4. The first-order valence-electron chi connectivity index (χ1n) is 7.55. The van der Waals surface area contributed by atoms with Crippen molar-refractivity contribution >= 4 is 55.9 Å². The van der Waals surface area contributed by atoms with Gasteiger partial charge < -0.3 is 5.11 Å². The molecule has 0 aliphatic carbocycles. The molecule has 0 bridgehead atoms. The number of aliphatic carboxylic acids is 1. The van der Waals surface area contributed by atoms with E-state index in [-0.39, 0.29) is 18.1 Å². The summed E-state index contributed by atoms with van der Waals surface area (Å²) in [6, 6.07) is 0. The van der Waals surface area contributed by atoms with Crippen LogP contribution in [0.15, 0.2) is 10.0 Å². The van der Waals surface area contributed by atoms with Crippen LogP contribution in [0.2, 0.25) is 58.9 Å². The minimum atomic E-state index is -1.22. The number of hydrogen-bond donors (Lipinski definition) is 1. The number of carbonyl (C=O) groups is 1. The van der Waals surface area contributed by atoms with Crippen molar-refractivity contribution in [3.05, 3.63) is 10.0 Å². The molecule has 1 N–H and O–H groups in total. The van der Waals surface area contributed by atoms with Crippen LogP contribution < -0.4 is 0 Å². The third kappa shape index (κ3) is 10.3. The van der Waals surface area contributed by atoms with Crippen molar-refractivity contribution < 1.29 is 9.90 Å². The Labute approximate surface area is 134 Å². The number of rotatable bonds is 7. The standard InChI is InChI=1S/C12H34O2Si6/c1-18(2,3)15-10(11(13)14)12(16-19(4,5)6)17-20(7,8)9/h15-17H2,1-9H3,(H,13,14). The summed E-state index contributed by atoms with van der Waals surface area (Å²) in [5.74, 6) is -0.536. The van der Waals surface area contributed by atoms with E-state index in [9.17, 15) is 9.90 Å². The third-order valence-electron chi connectivity index (χ3n) is 2.88. The Bertz CT molecular complexity index is 366. The molecule has 0 aromatic heterocycles. The highest BCUT2D eigenvalue weighted by atomic mass is 29.2. The van der Waals surface area contributed by atoms with Gasteiger partial charge >= 0.3 is 5.97 Å². The molecule has 0 aliphatic rings. The van der Waals surface area contributed by atoms with Gasteiger partial charge in [-0.05, 0) is 0 Å². The quantitative estimate of drug-likeness (QED) is 0.535. The zero-order valence-corrected chi connectivity index (χ0v) is 22.2. The molecule has 0 amide bonds. The van der Waals surface area contributed by atoms with Crippen LogP contribution in [-0.2, 0) is 4.79 Å². The summed E-state index contributed by atoms with van der Waals surface area (Å²) in [6.07, 6.45) is 0. The van der Waals surface area contributed by atoms with Crippen LogP contribution in [0.3, 0.4) is 0 Å². The second-order valence-corrected chi connectivity index (χ2v) is 51.7. The topological polar surface area (TPSA) is 37.3 Å². The van der Waals surface area contributed by atoms with Gasteiger partial charge in [-0.3, -0.25) is 0 Å². The van der Waals surface area contributed by atoms with Crippen LogP contribution in [0.4, 0.5) is 0 Å². The lowest BCUT2D eigenvalue weighted by atomic mass is 10.6. The maximum absolute atomic E-state index is 11.9. The molecular weight excluding hydrogens is 345 g/mol. The van der Waals surface area contributed by atoms with Crippen LogP contribution in [0.1, 0.15) is 0 Å². The Balaban J connectivity index is 5.68. The molecule has 2 nitrogen and oxygen atoms in total. The monoisotopic (exact) mass is 378 g/mol. The van der Waals surface area contributed by atoms with Crippen LogP contribution in [0.25, 0.3) is 0 Å². The Hall–Kier alpha value is 0.511. The van der Waals surface area contributed by atoms with E-state index >= 15 is 0 Å². The van der Waals surface area contributed by atoms with Crippen LogP contribution >= 0.6 is 0 Å². The maximum Gasteiger partial charge on any atom is 0.325 e. The van der Waals surface area contributed by atoms with E-state index in [2.05, 4.69) is 58.9 Å². The molecule has 0 saturated carbocycles. The number of carboxylic acids is 1. The average molecular weight is 379 g/mol. The molecule has 0 heterocycles. The molecule has 0 radical (unpaired) electrons. The van der Waals surface area contributed by atoms with Gasteiger partial charge in [0, 0.05) is 46.0 Å². The molecule has 8 heteroatoms. The van der Waals surface area contributed by atoms with Gasteiger partial charge in [0.2, 0.25) is 0 Å². The van der Waals surface area contributed by atoms with Crippen molar-refractivity contribution in [2.75, 3.05) is 0 Å². The normalized spacial score (nSPS) is 15.1. The van der Waals surface area contributed by atoms with Gasteiger partial charge in [0.15, 0.2) is 0 Å². The van der Waals surface area contributed by atoms with Gasteiger partial charge in [0.25, 0.3) is 0 Å². The van der Waals surface area contributed by atoms with Gasteiger partial charge in [0.1, 0.15) is 0 Å². The first kappa shape index (κ1) is 20.5. The highest BCUT2D eigenvalue weighted by molar-refractivity contribution is 7.37. The number of carboxylic acid groups (broad SMARTS) is 1. The zero-order valence-electron chi connectivity index (χ0n) is 15.0. The molecule has 0 spiro atoms. The number of hydrogen-bond acceptors (Lipinski definition) is 1. The summed E-state index contributed by atoms with van der Waals surface area (Å²) in [5.41, 5.74) is 0. The Morgan fingerprint density at radius 2 is 1.00 bits per heavy atom. The van der Waals surface area contributed by atoms with Crippen molar-refractivity contribution in [3.63, 3.8) is 0 Å². The Kier molecular flexibility index (Phi) is 7.37. The summed E-state index contributed by atoms with van der Waals surface area (Å²) in [5, 5.41) is 10.8. The fourth-order valence-electron chi connectivity index (χ4n) is 2.44. The predicted molar refractivity (Wildman–Crippen MR) is 110 cm³/mol. The van der Waals surface area contributed by atoms with E-state index in [4.69, 9.17) is 0 Å². The molecule has 0 aliphatic heterocycles. The van der Waals surface area contributed by atoms with E-state index < -0.39 is 37.8 Å². The molecule has 0 aromatic rings. The van der Waals surface area contributed by atoms with Gasteiger partial charge in [-0.25, -0.2) is 4.79 Å². The van der Waals surface area contributed by atoms with Gasteiger partial charge in [-0.1, -0.05) is 58.9 Å². The smallest absolute Gasteiger partial charge is 0.325 e. The summed E-state index contributed by atoms with van der Waals surface area (Å²) < 4.78 is 0. The highest BCUT2D eigenvalue weighted by Gasteiger charge is 2.29. The summed E-state index contributed by atoms with van der Waals surface area (Å²) >= 11 is 0. The Morgan fingerprint density at radius 1 is 0.700 bits per heavy atom. The molecule has 20 heavy (non-hydrogen) atoms. The average Bonchev–Trinajstić information content (AvgIpc) is 2.06. The van der Waals surface area contributed by atoms with Crippen molar-refractivity contribution in [1.29, 1.82) is 0 Å².